The number of nitrogens with zero attached hydrogens (tertiary/aromatic N) is 5. The van der Waals surface area contributed by atoms with Crippen molar-refractivity contribution >= 4 is 11.9 Å². The van der Waals surface area contributed by atoms with Gasteiger partial charge in [0.05, 0.1) is 6.20 Å². The van der Waals surface area contributed by atoms with Gasteiger partial charge in [-0.15, -0.1) is 5.10 Å². The predicted molar refractivity (Wildman–Crippen MR) is 66.0 cm³/mol. The minimum atomic E-state index is -0.117. The van der Waals surface area contributed by atoms with Gasteiger partial charge in [-0.05, 0) is 19.4 Å². The van der Waals surface area contributed by atoms with Crippen LogP contribution < -0.4 is 5.32 Å². The van der Waals surface area contributed by atoms with Crippen LogP contribution in [-0.4, -0.2) is 30.5 Å². The van der Waals surface area contributed by atoms with E-state index in [2.05, 4.69) is 20.5 Å². The van der Waals surface area contributed by atoms with E-state index in [1.807, 2.05) is 20.0 Å². The average Bonchev–Trinajstić information content (AvgIpc) is 2.84. The van der Waals surface area contributed by atoms with Crippen molar-refractivity contribution in [2.75, 3.05) is 5.32 Å². The molecule has 0 unspecified atom stereocenters. The Hall–Kier alpha value is -2.18. The molecule has 0 saturated heterocycles. The molecule has 2 aromatic rings. The minimum absolute atomic E-state index is 0.117. The van der Waals surface area contributed by atoms with Crippen molar-refractivity contribution in [3.63, 3.8) is 0 Å². The van der Waals surface area contributed by atoms with Crippen LogP contribution in [-0.2, 0) is 18.4 Å². The summed E-state index contributed by atoms with van der Waals surface area (Å²) in [6.07, 6.45) is 4.01. The molecule has 0 radical (unpaired) electrons. The summed E-state index contributed by atoms with van der Waals surface area (Å²) in [4.78, 5) is 15.8. The zero-order valence-electron chi connectivity index (χ0n) is 10.7. The van der Waals surface area contributed by atoms with Gasteiger partial charge >= 0.3 is 0 Å². The Balaban J connectivity index is 1.85. The highest BCUT2D eigenvalue weighted by Crippen LogP contribution is 2.02. The highest BCUT2D eigenvalue weighted by molar-refractivity contribution is 5.88. The molecule has 0 saturated carbocycles. The molecule has 2 rings (SSSR count). The second-order valence-corrected chi connectivity index (χ2v) is 4.19. The number of aromatic nitrogens is 5. The molecule has 2 heterocycles. The molecule has 0 aromatic carbocycles. The number of amides is 1. The number of hydrogen-bond donors (Lipinski definition) is 1. The molecular formula is C11H16N6O. The molecule has 96 valence electrons. The van der Waals surface area contributed by atoms with Gasteiger partial charge in [-0.3, -0.25) is 19.5 Å². The van der Waals surface area contributed by atoms with Crippen LogP contribution in [0.2, 0.25) is 0 Å². The molecule has 0 aliphatic carbocycles. The number of rotatable bonds is 4. The van der Waals surface area contributed by atoms with E-state index in [0.717, 1.165) is 11.4 Å². The van der Waals surface area contributed by atoms with E-state index >= 15 is 0 Å². The standard InChI is InChI=1S/C11H16N6O/c1-8-6-12-17(7-8)5-4-10(18)14-11-13-9(2)16(3)15-11/h6-7H,4-5H2,1-3H3,(H,14,15,18). The molecule has 7 heteroatoms. The van der Waals surface area contributed by atoms with Gasteiger partial charge in [0.2, 0.25) is 11.9 Å². The Kier molecular flexibility index (Phi) is 3.40. The van der Waals surface area contributed by atoms with Gasteiger partial charge in [-0.25, -0.2) is 0 Å². The Morgan fingerprint density at radius 1 is 1.44 bits per heavy atom. The second kappa shape index (κ2) is 4.99. The van der Waals surface area contributed by atoms with Crippen molar-refractivity contribution in [2.24, 2.45) is 7.05 Å². The third-order valence-corrected chi connectivity index (χ3v) is 2.56. The first-order valence-electron chi connectivity index (χ1n) is 5.71. The molecule has 1 amide bonds. The molecule has 0 atom stereocenters. The van der Waals surface area contributed by atoms with Crippen molar-refractivity contribution in [1.82, 2.24) is 24.5 Å². The van der Waals surface area contributed by atoms with Crippen molar-refractivity contribution in [1.29, 1.82) is 0 Å². The lowest BCUT2D eigenvalue weighted by molar-refractivity contribution is -0.116. The van der Waals surface area contributed by atoms with Crippen LogP contribution in [0.3, 0.4) is 0 Å². The first-order valence-corrected chi connectivity index (χ1v) is 5.71. The highest BCUT2D eigenvalue weighted by atomic mass is 16.1. The van der Waals surface area contributed by atoms with E-state index in [0.29, 0.717) is 18.9 Å². The first kappa shape index (κ1) is 12.3. The fraction of sp³-hybridized carbons (Fsp3) is 0.455. The lowest BCUT2D eigenvalue weighted by Crippen LogP contribution is -2.15. The zero-order chi connectivity index (χ0) is 13.1. The molecule has 0 aliphatic heterocycles. The van der Waals surface area contributed by atoms with Crippen LogP contribution in [0.15, 0.2) is 12.4 Å². The summed E-state index contributed by atoms with van der Waals surface area (Å²) in [6, 6.07) is 0. The molecule has 2 aromatic heterocycles. The average molecular weight is 248 g/mol. The summed E-state index contributed by atoms with van der Waals surface area (Å²) in [5.41, 5.74) is 1.08. The summed E-state index contributed by atoms with van der Waals surface area (Å²) in [5.74, 6) is 0.985. The molecule has 0 fully saturated rings. The largest absolute Gasteiger partial charge is 0.293 e. The van der Waals surface area contributed by atoms with E-state index in [1.165, 1.54) is 0 Å². The maximum Gasteiger partial charge on any atom is 0.248 e. The molecule has 0 bridgehead atoms. The van der Waals surface area contributed by atoms with Gasteiger partial charge in [0.15, 0.2) is 0 Å². The Morgan fingerprint density at radius 2 is 2.22 bits per heavy atom. The fourth-order valence-corrected chi connectivity index (χ4v) is 1.51. The highest BCUT2D eigenvalue weighted by Gasteiger charge is 2.08. The fourth-order valence-electron chi connectivity index (χ4n) is 1.51. The Morgan fingerprint density at radius 3 is 2.78 bits per heavy atom. The van der Waals surface area contributed by atoms with Crippen LogP contribution in [0.25, 0.3) is 0 Å². The molecular weight excluding hydrogens is 232 g/mol. The molecule has 18 heavy (non-hydrogen) atoms. The molecule has 1 N–H and O–H groups in total. The van der Waals surface area contributed by atoms with E-state index in [9.17, 15) is 4.79 Å². The smallest absolute Gasteiger partial charge is 0.248 e. The van der Waals surface area contributed by atoms with E-state index < -0.39 is 0 Å². The van der Waals surface area contributed by atoms with E-state index in [-0.39, 0.29) is 5.91 Å². The quantitative estimate of drug-likeness (QED) is 0.862. The third-order valence-electron chi connectivity index (χ3n) is 2.56. The van der Waals surface area contributed by atoms with E-state index in [1.54, 1.807) is 22.6 Å². The summed E-state index contributed by atoms with van der Waals surface area (Å²) >= 11 is 0. The number of carbonyl (C=O) groups is 1. The number of hydrogen-bond acceptors (Lipinski definition) is 4. The van der Waals surface area contributed by atoms with Crippen molar-refractivity contribution in [2.45, 2.75) is 26.8 Å². The van der Waals surface area contributed by atoms with Crippen molar-refractivity contribution < 1.29 is 4.79 Å². The van der Waals surface area contributed by atoms with Gasteiger partial charge in [-0.2, -0.15) is 10.1 Å². The molecule has 0 spiro atoms. The van der Waals surface area contributed by atoms with E-state index in [4.69, 9.17) is 0 Å². The number of carbonyl (C=O) groups excluding carboxylic acids is 1. The van der Waals surface area contributed by atoms with Crippen LogP contribution in [0.4, 0.5) is 5.95 Å². The SMILES string of the molecule is Cc1cnn(CCC(=O)Nc2nc(C)n(C)n2)c1. The number of anilines is 1. The normalized spacial score (nSPS) is 10.6. The maximum absolute atomic E-state index is 11.7. The second-order valence-electron chi connectivity index (χ2n) is 4.19. The van der Waals surface area contributed by atoms with Gasteiger partial charge < -0.3 is 0 Å². The first-order chi connectivity index (χ1) is 8.54. The van der Waals surface area contributed by atoms with Crippen LogP contribution >= 0.6 is 0 Å². The summed E-state index contributed by atoms with van der Waals surface area (Å²) in [6.45, 7) is 4.34. The lowest BCUT2D eigenvalue weighted by Gasteiger charge is -2.01. The zero-order valence-corrected chi connectivity index (χ0v) is 10.7. The number of aryl methyl sites for hydroxylation is 4. The number of nitrogens with one attached hydrogen (secondary N) is 1. The van der Waals surface area contributed by atoms with Crippen molar-refractivity contribution in [3.05, 3.63) is 23.8 Å². The maximum atomic E-state index is 11.7. The van der Waals surface area contributed by atoms with Crippen LogP contribution in [0.5, 0.6) is 0 Å². The lowest BCUT2D eigenvalue weighted by atomic mass is 10.4. The van der Waals surface area contributed by atoms with Gasteiger partial charge in [-0.1, -0.05) is 0 Å². The third kappa shape index (κ3) is 2.93. The minimum Gasteiger partial charge on any atom is -0.293 e. The van der Waals surface area contributed by atoms with Gasteiger partial charge in [0.25, 0.3) is 0 Å². The summed E-state index contributed by atoms with van der Waals surface area (Å²) in [5, 5.41) is 10.8. The Bertz CT molecular complexity index is 536. The topological polar surface area (TPSA) is 77.6 Å². The summed E-state index contributed by atoms with van der Waals surface area (Å²) < 4.78 is 3.36. The van der Waals surface area contributed by atoms with Crippen molar-refractivity contribution in [3.8, 4) is 0 Å². The summed E-state index contributed by atoms with van der Waals surface area (Å²) in [7, 11) is 1.78. The molecule has 7 nitrogen and oxygen atoms in total. The monoisotopic (exact) mass is 248 g/mol. The van der Waals surface area contributed by atoms with Crippen LogP contribution in [0.1, 0.15) is 17.8 Å². The predicted octanol–water partition coefficient (Wildman–Crippen LogP) is 0.657. The van der Waals surface area contributed by atoms with Gasteiger partial charge in [0.1, 0.15) is 5.82 Å². The Labute approximate surface area is 105 Å². The molecule has 0 aliphatic rings. The van der Waals surface area contributed by atoms with Crippen LogP contribution in [0, 0.1) is 13.8 Å². The van der Waals surface area contributed by atoms with Gasteiger partial charge in [0, 0.05) is 26.2 Å².